The molecule has 0 aliphatic rings. The first-order valence-electron chi connectivity index (χ1n) is 7.21. The van der Waals surface area contributed by atoms with Gasteiger partial charge in [-0.15, -0.1) is 0 Å². The Morgan fingerprint density at radius 2 is 1.87 bits per heavy atom. The van der Waals surface area contributed by atoms with Crippen molar-refractivity contribution in [1.29, 1.82) is 0 Å². The highest BCUT2D eigenvalue weighted by molar-refractivity contribution is 7.88. The zero-order chi connectivity index (χ0) is 16.9. The Kier molecular flexibility index (Phi) is 5.87. The van der Waals surface area contributed by atoms with Crippen molar-refractivity contribution in [3.05, 3.63) is 71.0 Å². The van der Waals surface area contributed by atoms with E-state index >= 15 is 0 Å². The summed E-state index contributed by atoms with van der Waals surface area (Å²) in [5.74, 6) is -0.565. The summed E-state index contributed by atoms with van der Waals surface area (Å²) in [6, 6.07) is 13.5. The molecular formula is C17H20FNO3S. The second kappa shape index (κ2) is 7.68. The van der Waals surface area contributed by atoms with Crippen LogP contribution in [0.5, 0.6) is 0 Å². The molecule has 2 rings (SSSR count). The first-order chi connectivity index (χ1) is 10.9. The van der Waals surface area contributed by atoms with Crippen LogP contribution in [-0.4, -0.2) is 22.1 Å². The standard InChI is InChI=1S/C17H20FNO3S/c1-13-10-16(18)9-8-15(13)12-23(20,21)19-11-17(22-2)14-6-4-3-5-7-14/h3-10,17,19H,11-12H2,1-2H3/t17-/m1/s1. The van der Waals surface area contributed by atoms with E-state index < -0.39 is 10.0 Å². The van der Waals surface area contributed by atoms with Crippen LogP contribution in [0.4, 0.5) is 4.39 Å². The van der Waals surface area contributed by atoms with Gasteiger partial charge >= 0.3 is 0 Å². The minimum absolute atomic E-state index is 0.142. The van der Waals surface area contributed by atoms with E-state index in [1.165, 1.54) is 25.3 Å². The van der Waals surface area contributed by atoms with Crippen molar-refractivity contribution in [2.75, 3.05) is 13.7 Å². The summed E-state index contributed by atoms with van der Waals surface area (Å²) < 4.78 is 45.4. The van der Waals surface area contributed by atoms with E-state index in [9.17, 15) is 12.8 Å². The molecule has 2 aromatic carbocycles. The first kappa shape index (κ1) is 17.6. The molecule has 0 saturated carbocycles. The Labute approximate surface area is 136 Å². The van der Waals surface area contributed by atoms with E-state index in [0.29, 0.717) is 11.1 Å². The topological polar surface area (TPSA) is 55.4 Å². The van der Waals surface area contributed by atoms with Crippen LogP contribution in [0.25, 0.3) is 0 Å². The van der Waals surface area contributed by atoms with Crippen LogP contribution in [-0.2, 0) is 20.5 Å². The molecule has 0 saturated heterocycles. The number of hydrogen-bond donors (Lipinski definition) is 1. The van der Waals surface area contributed by atoms with Gasteiger partial charge < -0.3 is 4.74 Å². The number of methoxy groups -OCH3 is 1. The minimum atomic E-state index is -3.54. The lowest BCUT2D eigenvalue weighted by molar-refractivity contribution is 0.107. The minimum Gasteiger partial charge on any atom is -0.375 e. The van der Waals surface area contributed by atoms with Crippen molar-refractivity contribution >= 4 is 10.0 Å². The van der Waals surface area contributed by atoms with Gasteiger partial charge in [0.1, 0.15) is 5.82 Å². The zero-order valence-corrected chi connectivity index (χ0v) is 13.9. The van der Waals surface area contributed by atoms with Gasteiger partial charge in [-0.05, 0) is 35.7 Å². The second-order valence-electron chi connectivity index (χ2n) is 5.31. The molecule has 6 heteroatoms. The molecule has 0 amide bonds. The average molecular weight is 337 g/mol. The van der Waals surface area contributed by atoms with Crippen LogP contribution in [0.15, 0.2) is 48.5 Å². The van der Waals surface area contributed by atoms with Gasteiger partial charge in [0.05, 0.1) is 11.9 Å². The number of ether oxygens (including phenoxy) is 1. The van der Waals surface area contributed by atoms with E-state index in [-0.39, 0.29) is 24.2 Å². The molecule has 23 heavy (non-hydrogen) atoms. The van der Waals surface area contributed by atoms with Gasteiger partial charge in [0.15, 0.2) is 0 Å². The average Bonchev–Trinajstić information content (AvgIpc) is 2.52. The largest absolute Gasteiger partial charge is 0.375 e. The fourth-order valence-corrected chi connectivity index (χ4v) is 3.53. The lowest BCUT2D eigenvalue weighted by Crippen LogP contribution is -2.30. The molecule has 0 aliphatic heterocycles. The highest BCUT2D eigenvalue weighted by atomic mass is 32.2. The van der Waals surface area contributed by atoms with Crippen molar-refractivity contribution in [3.8, 4) is 0 Å². The third kappa shape index (κ3) is 5.13. The summed E-state index contributed by atoms with van der Waals surface area (Å²) in [4.78, 5) is 0. The SMILES string of the molecule is CO[C@H](CNS(=O)(=O)Cc1ccc(F)cc1C)c1ccccc1. The molecule has 0 heterocycles. The predicted octanol–water partition coefficient (Wildman–Crippen LogP) is 2.94. The fraction of sp³-hybridized carbons (Fsp3) is 0.294. The van der Waals surface area contributed by atoms with Crippen LogP contribution < -0.4 is 4.72 Å². The van der Waals surface area contributed by atoms with Crippen LogP contribution >= 0.6 is 0 Å². The van der Waals surface area contributed by atoms with E-state index in [0.717, 1.165) is 5.56 Å². The lowest BCUT2D eigenvalue weighted by Gasteiger charge is -2.17. The maximum atomic E-state index is 13.1. The Bertz CT molecular complexity index is 748. The van der Waals surface area contributed by atoms with E-state index in [1.807, 2.05) is 30.3 Å². The molecule has 1 atom stereocenters. The molecule has 124 valence electrons. The highest BCUT2D eigenvalue weighted by Crippen LogP contribution is 2.17. The molecule has 0 aliphatic carbocycles. The summed E-state index contributed by atoms with van der Waals surface area (Å²) in [5.41, 5.74) is 2.09. The van der Waals surface area contributed by atoms with Crippen LogP contribution in [0, 0.1) is 12.7 Å². The number of benzene rings is 2. The van der Waals surface area contributed by atoms with Crippen molar-refractivity contribution in [3.63, 3.8) is 0 Å². The molecule has 0 aromatic heterocycles. The highest BCUT2D eigenvalue weighted by Gasteiger charge is 2.17. The lowest BCUT2D eigenvalue weighted by atomic mass is 10.1. The first-order valence-corrected chi connectivity index (χ1v) is 8.86. The van der Waals surface area contributed by atoms with Gasteiger partial charge in [0.2, 0.25) is 10.0 Å². The molecule has 0 fully saturated rings. The molecule has 0 unspecified atom stereocenters. The monoisotopic (exact) mass is 337 g/mol. The van der Waals surface area contributed by atoms with Crippen LogP contribution in [0.1, 0.15) is 22.8 Å². The van der Waals surface area contributed by atoms with Crippen molar-refractivity contribution in [2.45, 2.75) is 18.8 Å². The van der Waals surface area contributed by atoms with Crippen molar-refractivity contribution in [1.82, 2.24) is 4.72 Å². The number of nitrogens with one attached hydrogen (secondary N) is 1. The normalized spacial score (nSPS) is 13.0. The zero-order valence-electron chi connectivity index (χ0n) is 13.1. The van der Waals surface area contributed by atoms with Gasteiger partial charge in [0, 0.05) is 13.7 Å². The quantitative estimate of drug-likeness (QED) is 0.845. The van der Waals surface area contributed by atoms with Crippen LogP contribution in [0.3, 0.4) is 0 Å². The summed E-state index contributed by atoms with van der Waals surface area (Å²) in [5, 5.41) is 0. The number of halogens is 1. The molecule has 0 radical (unpaired) electrons. The molecule has 1 N–H and O–H groups in total. The number of aryl methyl sites for hydroxylation is 1. The third-order valence-electron chi connectivity index (χ3n) is 3.59. The molecule has 0 spiro atoms. The summed E-state index contributed by atoms with van der Waals surface area (Å²) in [6.07, 6.45) is -0.361. The molecular weight excluding hydrogens is 317 g/mol. The number of sulfonamides is 1. The van der Waals surface area contributed by atoms with Crippen molar-refractivity contribution < 1.29 is 17.5 Å². The summed E-state index contributed by atoms with van der Waals surface area (Å²) >= 11 is 0. The van der Waals surface area contributed by atoms with Gasteiger partial charge in [0.25, 0.3) is 0 Å². The molecule has 2 aromatic rings. The maximum absolute atomic E-state index is 13.1. The summed E-state index contributed by atoms with van der Waals surface area (Å²) in [6.45, 7) is 1.83. The van der Waals surface area contributed by atoms with E-state index in [1.54, 1.807) is 6.92 Å². The summed E-state index contributed by atoms with van der Waals surface area (Å²) in [7, 11) is -2.00. The molecule has 4 nitrogen and oxygen atoms in total. The Balaban J connectivity index is 2.03. The fourth-order valence-electron chi connectivity index (χ4n) is 2.28. The Morgan fingerprint density at radius 3 is 2.48 bits per heavy atom. The number of hydrogen-bond acceptors (Lipinski definition) is 3. The van der Waals surface area contributed by atoms with Crippen molar-refractivity contribution in [2.24, 2.45) is 0 Å². The van der Waals surface area contributed by atoms with Gasteiger partial charge in [-0.3, -0.25) is 0 Å². The smallest absolute Gasteiger partial charge is 0.215 e. The maximum Gasteiger partial charge on any atom is 0.215 e. The van der Waals surface area contributed by atoms with Gasteiger partial charge in [-0.25, -0.2) is 17.5 Å². The Morgan fingerprint density at radius 1 is 1.17 bits per heavy atom. The third-order valence-corrected chi connectivity index (χ3v) is 4.89. The van der Waals surface area contributed by atoms with E-state index in [2.05, 4.69) is 4.72 Å². The second-order valence-corrected chi connectivity index (χ2v) is 7.12. The van der Waals surface area contributed by atoms with Crippen LogP contribution in [0.2, 0.25) is 0 Å². The van der Waals surface area contributed by atoms with Gasteiger partial charge in [-0.2, -0.15) is 0 Å². The van der Waals surface area contributed by atoms with Gasteiger partial charge in [-0.1, -0.05) is 36.4 Å². The molecule has 0 bridgehead atoms. The van der Waals surface area contributed by atoms with E-state index in [4.69, 9.17) is 4.74 Å². The Hall–Kier alpha value is -1.76. The number of rotatable bonds is 7. The predicted molar refractivity (Wildman–Crippen MR) is 88.0 cm³/mol.